The van der Waals surface area contributed by atoms with Crippen LogP contribution in [0.2, 0.25) is 0 Å². The van der Waals surface area contributed by atoms with Crippen molar-refractivity contribution in [3.8, 4) is 5.75 Å². The second-order valence-electron chi connectivity index (χ2n) is 5.30. The Bertz CT molecular complexity index is 413. The lowest BCUT2D eigenvalue weighted by molar-refractivity contribution is 0.0936. The molecule has 1 aromatic carbocycles. The van der Waals surface area contributed by atoms with E-state index in [1.54, 1.807) is 25.1 Å². The van der Waals surface area contributed by atoms with Crippen molar-refractivity contribution in [2.24, 2.45) is 5.92 Å². The van der Waals surface area contributed by atoms with Gasteiger partial charge in [-0.3, -0.25) is 4.79 Å². The number of nitrogens with one attached hydrogen (secondary N) is 1. The van der Waals surface area contributed by atoms with Crippen molar-refractivity contribution in [3.05, 3.63) is 29.3 Å². The van der Waals surface area contributed by atoms with Crippen molar-refractivity contribution in [3.63, 3.8) is 0 Å². The lowest BCUT2D eigenvalue weighted by atomic mass is 10.0. The van der Waals surface area contributed by atoms with E-state index in [1.165, 1.54) is 0 Å². The zero-order valence-corrected chi connectivity index (χ0v) is 11.7. The highest BCUT2D eigenvalue weighted by Gasteiger charge is 2.13. The molecule has 0 radical (unpaired) electrons. The van der Waals surface area contributed by atoms with Gasteiger partial charge in [-0.1, -0.05) is 19.9 Å². The van der Waals surface area contributed by atoms with Crippen LogP contribution in [-0.2, 0) is 0 Å². The summed E-state index contributed by atoms with van der Waals surface area (Å²) < 4.78 is 0. The molecule has 0 heterocycles. The molecule has 0 bridgehead atoms. The van der Waals surface area contributed by atoms with E-state index < -0.39 is 0 Å². The van der Waals surface area contributed by atoms with Crippen molar-refractivity contribution in [1.29, 1.82) is 0 Å². The highest BCUT2D eigenvalue weighted by molar-refractivity contribution is 5.96. The van der Waals surface area contributed by atoms with Gasteiger partial charge in [0, 0.05) is 17.2 Å². The van der Waals surface area contributed by atoms with Crippen molar-refractivity contribution in [1.82, 2.24) is 5.32 Å². The number of phenolic OH excluding ortho intramolecular Hbond substituents is 1. The molecule has 1 rings (SSSR count). The van der Waals surface area contributed by atoms with E-state index in [-0.39, 0.29) is 17.7 Å². The van der Waals surface area contributed by atoms with Crippen LogP contribution in [0.5, 0.6) is 5.75 Å². The Labute approximate surface area is 109 Å². The van der Waals surface area contributed by atoms with Gasteiger partial charge in [0.1, 0.15) is 5.75 Å². The largest absolute Gasteiger partial charge is 0.508 e. The van der Waals surface area contributed by atoms with Gasteiger partial charge in [-0.15, -0.1) is 0 Å². The molecule has 3 nitrogen and oxygen atoms in total. The zero-order chi connectivity index (χ0) is 13.7. The Kier molecular flexibility index (Phi) is 5.20. The summed E-state index contributed by atoms with van der Waals surface area (Å²) in [5.41, 5.74) is 1.18. The zero-order valence-electron chi connectivity index (χ0n) is 11.7. The maximum Gasteiger partial charge on any atom is 0.251 e. The Balaban J connectivity index is 2.62. The summed E-state index contributed by atoms with van der Waals surface area (Å²) in [6.45, 7) is 8.11. The van der Waals surface area contributed by atoms with E-state index in [0.717, 1.165) is 12.8 Å². The summed E-state index contributed by atoms with van der Waals surface area (Å²) in [5, 5.41) is 12.5. The van der Waals surface area contributed by atoms with Crippen LogP contribution < -0.4 is 5.32 Å². The lowest BCUT2D eigenvalue weighted by Crippen LogP contribution is -2.33. The molecule has 2 N–H and O–H groups in total. The van der Waals surface area contributed by atoms with Crippen LogP contribution in [0.3, 0.4) is 0 Å². The van der Waals surface area contributed by atoms with Gasteiger partial charge < -0.3 is 10.4 Å². The minimum atomic E-state index is -0.111. The van der Waals surface area contributed by atoms with Gasteiger partial charge in [-0.2, -0.15) is 0 Å². The molecule has 0 saturated heterocycles. The van der Waals surface area contributed by atoms with Gasteiger partial charge in [0.05, 0.1) is 0 Å². The first-order valence-electron chi connectivity index (χ1n) is 6.51. The molecule has 3 heteroatoms. The fourth-order valence-electron chi connectivity index (χ4n) is 1.83. The molecule has 0 fully saturated rings. The number of phenols is 1. The third kappa shape index (κ3) is 4.06. The van der Waals surface area contributed by atoms with Crippen LogP contribution in [0.4, 0.5) is 0 Å². The molecular weight excluding hydrogens is 226 g/mol. The molecule has 0 aliphatic heterocycles. The molecule has 18 heavy (non-hydrogen) atoms. The average molecular weight is 249 g/mol. The smallest absolute Gasteiger partial charge is 0.251 e. The number of aromatic hydroxyl groups is 1. The van der Waals surface area contributed by atoms with E-state index in [9.17, 15) is 9.90 Å². The molecule has 0 aromatic heterocycles. The van der Waals surface area contributed by atoms with Crippen LogP contribution in [0.1, 0.15) is 49.5 Å². The summed E-state index contributed by atoms with van der Waals surface area (Å²) in [6, 6.07) is 5.17. The van der Waals surface area contributed by atoms with E-state index in [1.807, 2.05) is 6.92 Å². The van der Waals surface area contributed by atoms with Crippen LogP contribution in [0.15, 0.2) is 18.2 Å². The predicted molar refractivity (Wildman–Crippen MR) is 73.8 cm³/mol. The lowest BCUT2D eigenvalue weighted by Gasteiger charge is -2.16. The first-order chi connectivity index (χ1) is 8.41. The average Bonchev–Trinajstić information content (AvgIpc) is 2.30. The SMILES string of the molecule is Cc1c(O)cccc1C(=O)NC(C)CCC(C)C. The van der Waals surface area contributed by atoms with Crippen LogP contribution in [0, 0.1) is 12.8 Å². The fraction of sp³-hybridized carbons (Fsp3) is 0.533. The van der Waals surface area contributed by atoms with Crippen molar-refractivity contribution >= 4 is 5.91 Å². The van der Waals surface area contributed by atoms with Crippen LogP contribution in [0.25, 0.3) is 0 Å². The highest BCUT2D eigenvalue weighted by atomic mass is 16.3. The molecule has 0 saturated carbocycles. The van der Waals surface area contributed by atoms with Crippen LogP contribution >= 0.6 is 0 Å². The number of carbonyl (C=O) groups excluding carboxylic acids is 1. The first kappa shape index (κ1) is 14.6. The molecule has 0 aliphatic rings. The Morgan fingerprint density at radius 2 is 1.94 bits per heavy atom. The Morgan fingerprint density at radius 3 is 2.56 bits per heavy atom. The maximum atomic E-state index is 12.1. The van der Waals surface area contributed by atoms with Gasteiger partial charge in [-0.25, -0.2) is 0 Å². The molecule has 1 amide bonds. The minimum absolute atomic E-state index is 0.111. The van der Waals surface area contributed by atoms with Gasteiger partial charge in [0.2, 0.25) is 0 Å². The number of rotatable bonds is 5. The Hall–Kier alpha value is -1.51. The number of hydrogen-bond acceptors (Lipinski definition) is 2. The highest BCUT2D eigenvalue weighted by Crippen LogP contribution is 2.19. The Morgan fingerprint density at radius 1 is 1.28 bits per heavy atom. The van der Waals surface area contributed by atoms with Gasteiger partial charge >= 0.3 is 0 Å². The molecule has 1 unspecified atom stereocenters. The standard InChI is InChI=1S/C15H23NO2/c1-10(2)8-9-11(3)16-15(18)13-6-5-7-14(17)12(13)4/h5-7,10-11,17H,8-9H2,1-4H3,(H,16,18). The number of amides is 1. The molecular formula is C15H23NO2. The quantitative estimate of drug-likeness (QED) is 0.841. The van der Waals surface area contributed by atoms with Crippen molar-refractivity contribution in [2.45, 2.75) is 46.6 Å². The summed E-state index contributed by atoms with van der Waals surface area (Å²) in [5.74, 6) is 0.698. The maximum absolute atomic E-state index is 12.1. The third-order valence-electron chi connectivity index (χ3n) is 3.10. The number of benzene rings is 1. The van der Waals surface area contributed by atoms with Gasteiger partial charge in [-0.05, 0) is 44.7 Å². The summed E-state index contributed by atoms with van der Waals surface area (Å²) >= 11 is 0. The summed E-state index contributed by atoms with van der Waals surface area (Å²) in [7, 11) is 0. The van der Waals surface area contributed by atoms with Gasteiger partial charge in [0.25, 0.3) is 5.91 Å². The molecule has 0 aliphatic carbocycles. The monoisotopic (exact) mass is 249 g/mol. The van der Waals surface area contributed by atoms with Gasteiger partial charge in [0.15, 0.2) is 0 Å². The molecule has 1 atom stereocenters. The third-order valence-corrected chi connectivity index (χ3v) is 3.10. The van der Waals surface area contributed by atoms with E-state index in [4.69, 9.17) is 0 Å². The second-order valence-corrected chi connectivity index (χ2v) is 5.30. The first-order valence-corrected chi connectivity index (χ1v) is 6.51. The van der Waals surface area contributed by atoms with E-state index >= 15 is 0 Å². The normalized spacial score (nSPS) is 12.5. The van der Waals surface area contributed by atoms with E-state index in [0.29, 0.717) is 17.0 Å². The molecule has 0 spiro atoms. The molecule has 100 valence electrons. The second kappa shape index (κ2) is 6.43. The van der Waals surface area contributed by atoms with E-state index in [2.05, 4.69) is 19.2 Å². The number of hydrogen-bond donors (Lipinski definition) is 2. The fourth-order valence-corrected chi connectivity index (χ4v) is 1.83. The molecule has 1 aromatic rings. The van der Waals surface area contributed by atoms with Crippen LogP contribution in [-0.4, -0.2) is 17.1 Å². The van der Waals surface area contributed by atoms with Crippen molar-refractivity contribution in [2.75, 3.05) is 0 Å². The number of carbonyl (C=O) groups is 1. The minimum Gasteiger partial charge on any atom is -0.508 e. The summed E-state index contributed by atoms with van der Waals surface area (Å²) in [4.78, 5) is 12.1. The van der Waals surface area contributed by atoms with Crippen molar-refractivity contribution < 1.29 is 9.90 Å². The summed E-state index contributed by atoms with van der Waals surface area (Å²) in [6.07, 6.45) is 2.07. The predicted octanol–water partition coefficient (Wildman–Crippen LogP) is 3.26. The topological polar surface area (TPSA) is 49.3 Å².